The van der Waals surface area contributed by atoms with E-state index in [9.17, 15) is 14.7 Å². The standard InChI is InChI=1S/C21H23N3O4/c1-13-4-7-19(28-3)16(10-13)23-21(27)20(26)22-12-18(25)15-5-6-17-14(11-15)8-9-24(17)2/h4-11,18,25H,12H2,1-3H3,(H,22,26)(H,23,27). The minimum absolute atomic E-state index is 0.0739. The second-order valence-corrected chi connectivity index (χ2v) is 6.63. The monoisotopic (exact) mass is 381 g/mol. The normalized spacial score (nSPS) is 11.9. The smallest absolute Gasteiger partial charge is 0.313 e. The number of nitrogens with one attached hydrogen (secondary N) is 2. The first-order valence-corrected chi connectivity index (χ1v) is 8.86. The van der Waals surface area contributed by atoms with E-state index >= 15 is 0 Å². The van der Waals surface area contributed by atoms with Crippen LogP contribution in [0.3, 0.4) is 0 Å². The lowest BCUT2D eigenvalue weighted by atomic mass is 10.1. The van der Waals surface area contributed by atoms with Crippen molar-refractivity contribution in [3.63, 3.8) is 0 Å². The number of benzene rings is 2. The molecule has 3 N–H and O–H groups in total. The van der Waals surface area contributed by atoms with Gasteiger partial charge in [-0.1, -0.05) is 12.1 Å². The number of methoxy groups -OCH3 is 1. The molecule has 0 aliphatic rings. The van der Waals surface area contributed by atoms with Gasteiger partial charge in [0.15, 0.2) is 0 Å². The molecule has 0 aliphatic carbocycles. The van der Waals surface area contributed by atoms with Crippen molar-refractivity contribution in [3.05, 3.63) is 59.8 Å². The van der Waals surface area contributed by atoms with E-state index in [2.05, 4.69) is 10.6 Å². The maximum Gasteiger partial charge on any atom is 0.313 e. The number of hydrogen-bond donors (Lipinski definition) is 3. The van der Waals surface area contributed by atoms with Crippen molar-refractivity contribution in [1.29, 1.82) is 0 Å². The van der Waals surface area contributed by atoms with Gasteiger partial charge in [-0.2, -0.15) is 0 Å². The predicted octanol–water partition coefficient (Wildman–Crippen LogP) is 2.28. The van der Waals surface area contributed by atoms with E-state index in [1.165, 1.54) is 7.11 Å². The van der Waals surface area contributed by atoms with Crippen molar-refractivity contribution < 1.29 is 19.4 Å². The summed E-state index contributed by atoms with van der Waals surface area (Å²) in [7, 11) is 3.43. The molecule has 1 aromatic heterocycles. The summed E-state index contributed by atoms with van der Waals surface area (Å²) >= 11 is 0. The third kappa shape index (κ3) is 4.15. The zero-order chi connectivity index (χ0) is 20.3. The van der Waals surface area contributed by atoms with Crippen LogP contribution >= 0.6 is 0 Å². The maximum atomic E-state index is 12.2. The van der Waals surface area contributed by atoms with Gasteiger partial charge in [0, 0.05) is 25.3 Å². The number of nitrogens with zero attached hydrogens (tertiary/aromatic N) is 1. The first-order valence-electron chi connectivity index (χ1n) is 8.86. The van der Waals surface area contributed by atoms with Crippen LogP contribution in [0.5, 0.6) is 5.75 Å². The molecule has 2 amide bonds. The number of hydrogen-bond acceptors (Lipinski definition) is 4. The Kier molecular flexibility index (Phi) is 5.65. The van der Waals surface area contributed by atoms with Crippen molar-refractivity contribution in [2.45, 2.75) is 13.0 Å². The molecule has 0 aliphatic heterocycles. The number of aromatic nitrogens is 1. The highest BCUT2D eigenvalue weighted by molar-refractivity contribution is 6.39. The summed E-state index contributed by atoms with van der Waals surface area (Å²) in [4.78, 5) is 24.3. The van der Waals surface area contributed by atoms with E-state index in [0.717, 1.165) is 16.5 Å². The van der Waals surface area contributed by atoms with E-state index in [1.54, 1.807) is 18.2 Å². The Morgan fingerprint density at radius 2 is 1.93 bits per heavy atom. The molecule has 0 spiro atoms. The van der Waals surface area contributed by atoms with Crippen LogP contribution in [0.15, 0.2) is 48.7 Å². The molecule has 1 heterocycles. The van der Waals surface area contributed by atoms with Gasteiger partial charge in [-0.05, 0) is 53.8 Å². The van der Waals surface area contributed by atoms with Crippen LogP contribution in [0.4, 0.5) is 5.69 Å². The molecule has 1 unspecified atom stereocenters. The van der Waals surface area contributed by atoms with Gasteiger partial charge in [-0.25, -0.2) is 0 Å². The molecule has 0 radical (unpaired) electrons. The fourth-order valence-corrected chi connectivity index (χ4v) is 2.99. The number of aliphatic hydroxyl groups excluding tert-OH is 1. The SMILES string of the molecule is COc1ccc(C)cc1NC(=O)C(=O)NCC(O)c1ccc2c(ccn2C)c1. The lowest BCUT2D eigenvalue weighted by Gasteiger charge is -2.14. The van der Waals surface area contributed by atoms with Gasteiger partial charge in [0.1, 0.15) is 5.75 Å². The Bertz CT molecular complexity index is 1030. The molecule has 3 aromatic rings. The number of carbonyl (C=O) groups is 2. The summed E-state index contributed by atoms with van der Waals surface area (Å²) in [5, 5.41) is 16.3. The van der Waals surface area contributed by atoms with Gasteiger partial charge in [-0.3, -0.25) is 9.59 Å². The van der Waals surface area contributed by atoms with Crippen LogP contribution in [0.25, 0.3) is 10.9 Å². The first kappa shape index (κ1) is 19.4. The molecule has 1 atom stereocenters. The Morgan fingerprint density at radius 1 is 1.14 bits per heavy atom. The molecule has 146 valence electrons. The summed E-state index contributed by atoms with van der Waals surface area (Å²) < 4.78 is 7.17. The second-order valence-electron chi connectivity index (χ2n) is 6.63. The fraction of sp³-hybridized carbons (Fsp3) is 0.238. The second kappa shape index (κ2) is 8.14. The molecular formula is C21H23N3O4. The molecule has 7 nitrogen and oxygen atoms in total. The van der Waals surface area contributed by atoms with Crippen molar-refractivity contribution >= 4 is 28.4 Å². The zero-order valence-electron chi connectivity index (χ0n) is 16.0. The largest absolute Gasteiger partial charge is 0.495 e. The van der Waals surface area contributed by atoms with E-state index in [-0.39, 0.29) is 6.54 Å². The zero-order valence-corrected chi connectivity index (χ0v) is 16.0. The van der Waals surface area contributed by atoms with Crippen LogP contribution in [-0.2, 0) is 16.6 Å². The maximum absolute atomic E-state index is 12.2. The predicted molar refractivity (Wildman–Crippen MR) is 107 cm³/mol. The number of fused-ring (bicyclic) bond motifs is 1. The number of rotatable bonds is 5. The van der Waals surface area contributed by atoms with Crippen LogP contribution in [0.1, 0.15) is 17.2 Å². The van der Waals surface area contributed by atoms with E-state index in [4.69, 9.17) is 4.74 Å². The molecule has 0 fully saturated rings. The molecule has 7 heteroatoms. The van der Waals surface area contributed by atoms with Crippen LogP contribution in [0, 0.1) is 6.92 Å². The Balaban J connectivity index is 1.61. The molecule has 0 bridgehead atoms. The topological polar surface area (TPSA) is 92.6 Å². The van der Waals surface area contributed by atoms with Crippen LogP contribution in [0.2, 0.25) is 0 Å². The lowest BCUT2D eigenvalue weighted by molar-refractivity contribution is -0.136. The Morgan fingerprint density at radius 3 is 2.68 bits per heavy atom. The van der Waals surface area contributed by atoms with Crippen molar-refractivity contribution in [1.82, 2.24) is 9.88 Å². The van der Waals surface area contributed by atoms with Gasteiger partial charge in [0.2, 0.25) is 0 Å². The summed E-state index contributed by atoms with van der Waals surface area (Å²) in [6, 6.07) is 12.8. The van der Waals surface area contributed by atoms with Crippen LogP contribution in [-0.4, -0.2) is 35.1 Å². The minimum atomic E-state index is -0.921. The number of carbonyl (C=O) groups excluding carboxylic acids is 2. The third-order valence-corrected chi connectivity index (χ3v) is 4.56. The number of aliphatic hydroxyl groups is 1. The number of amides is 2. The minimum Gasteiger partial charge on any atom is -0.495 e. The average Bonchev–Trinajstić information content (AvgIpc) is 3.06. The van der Waals surface area contributed by atoms with E-state index < -0.39 is 17.9 Å². The highest BCUT2D eigenvalue weighted by Gasteiger charge is 2.18. The number of ether oxygens (including phenoxy) is 1. The van der Waals surface area contributed by atoms with Crippen molar-refractivity contribution in [2.75, 3.05) is 19.0 Å². The quantitative estimate of drug-likeness (QED) is 0.591. The van der Waals surface area contributed by atoms with Gasteiger partial charge in [-0.15, -0.1) is 0 Å². The van der Waals surface area contributed by atoms with Gasteiger partial charge < -0.3 is 25.0 Å². The average molecular weight is 381 g/mol. The molecule has 3 rings (SSSR count). The van der Waals surface area contributed by atoms with Gasteiger partial charge in [0.05, 0.1) is 18.9 Å². The van der Waals surface area contributed by atoms with E-state index in [0.29, 0.717) is 17.0 Å². The number of aryl methyl sites for hydroxylation is 2. The highest BCUT2D eigenvalue weighted by atomic mass is 16.5. The fourth-order valence-electron chi connectivity index (χ4n) is 2.99. The summed E-state index contributed by atoms with van der Waals surface area (Å²) in [6.45, 7) is 1.80. The molecule has 0 saturated carbocycles. The van der Waals surface area contributed by atoms with Crippen molar-refractivity contribution in [2.24, 2.45) is 7.05 Å². The summed E-state index contributed by atoms with van der Waals surface area (Å²) in [5.41, 5.74) is 3.05. The third-order valence-electron chi connectivity index (χ3n) is 4.56. The first-order chi connectivity index (χ1) is 13.4. The summed E-state index contributed by atoms with van der Waals surface area (Å²) in [6.07, 6.45) is 1.02. The van der Waals surface area contributed by atoms with Crippen LogP contribution < -0.4 is 15.4 Å². The molecule has 2 aromatic carbocycles. The Hall–Kier alpha value is -3.32. The van der Waals surface area contributed by atoms with E-state index in [1.807, 2.05) is 49.0 Å². The lowest BCUT2D eigenvalue weighted by Crippen LogP contribution is -2.37. The van der Waals surface area contributed by atoms with Gasteiger partial charge in [0.25, 0.3) is 0 Å². The molecule has 0 saturated heterocycles. The summed E-state index contributed by atoms with van der Waals surface area (Å²) in [5.74, 6) is -1.19. The molecule has 28 heavy (non-hydrogen) atoms. The number of anilines is 1. The van der Waals surface area contributed by atoms with Gasteiger partial charge >= 0.3 is 11.8 Å². The Labute approximate surface area is 162 Å². The highest BCUT2D eigenvalue weighted by Crippen LogP contribution is 2.25. The van der Waals surface area contributed by atoms with Crippen molar-refractivity contribution in [3.8, 4) is 5.75 Å². The molecular weight excluding hydrogens is 358 g/mol.